The van der Waals surface area contributed by atoms with Gasteiger partial charge in [-0.05, 0) is 12.1 Å². The zero-order valence-corrected chi connectivity index (χ0v) is 8.98. The van der Waals surface area contributed by atoms with Crippen LogP contribution < -0.4 is 0 Å². The Morgan fingerprint density at radius 1 is 1.19 bits per heavy atom. The van der Waals surface area contributed by atoms with E-state index in [0.29, 0.717) is 5.52 Å². The van der Waals surface area contributed by atoms with E-state index < -0.39 is 0 Å². The van der Waals surface area contributed by atoms with E-state index in [0.717, 1.165) is 15.4 Å². The van der Waals surface area contributed by atoms with Crippen molar-refractivity contribution in [1.29, 1.82) is 0 Å². The molecule has 5 heteroatoms. The lowest BCUT2D eigenvalue weighted by molar-refractivity contribution is 0.480. The number of aromatic hydroxyl groups is 1. The molecular formula is C11H7N3OS. The van der Waals surface area contributed by atoms with Gasteiger partial charge in [-0.2, -0.15) is 0 Å². The van der Waals surface area contributed by atoms with Gasteiger partial charge in [0.2, 0.25) is 0 Å². The molecule has 78 valence electrons. The summed E-state index contributed by atoms with van der Waals surface area (Å²) in [4.78, 5) is 12.5. The molecule has 0 radical (unpaired) electrons. The number of aromatic nitrogens is 3. The summed E-state index contributed by atoms with van der Waals surface area (Å²) >= 11 is 1.41. The summed E-state index contributed by atoms with van der Waals surface area (Å²) in [5, 5.41) is 10.4. The van der Waals surface area contributed by atoms with E-state index in [9.17, 15) is 5.11 Å². The van der Waals surface area contributed by atoms with Crippen molar-refractivity contribution >= 4 is 21.6 Å². The summed E-state index contributed by atoms with van der Waals surface area (Å²) in [6, 6.07) is 5.66. The van der Waals surface area contributed by atoms with Crippen LogP contribution in [0.3, 0.4) is 0 Å². The SMILES string of the molecule is Oc1cncc2nc(-c3ccccn3)sc12. The van der Waals surface area contributed by atoms with Crippen molar-refractivity contribution in [3.8, 4) is 16.5 Å². The highest BCUT2D eigenvalue weighted by molar-refractivity contribution is 7.22. The van der Waals surface area contributed by atoms with Gasteiger partial charge in [0.25, 0.3) is 0 Å². The maximum absolute atomic E-state index is 9.62. The third-order valence-electron chi connectivity index (χ3n) is 2.16. The molecule has 0 spiro atoms. The van der Waals surface area contributed by atoms with Crippen molar-refractivity contribution in [3.05, 3.63) is 36.8 Å². The molecule has 0 aromatic carbocycles. The second-order valence-corrected chi connectivity index (χ2v) is 4.24. The van der Waals surface area contributed by atoms with E-state index in [4.69, 9.17) is 0 Å². The number of hydrogen-bond acceptors (Lipinski definition) is 5. The van der Waals surface area contributed by atoms with Crippen molar-refractivity contribution in [3.63, 3.8) is 0 Å². The highest BCUT2D eigenvalue weighted by Gasteiger charge is 2.09. The first-order valence-corrected chi connectivity index (χ1v) is 5.51. The molecule has 0 aliphatic rings. The minimum atomic E-state index is 0.164. The minimum Gasteiger partial charge on any atom is -0.505 e. The average molecular weight is 229 g/mol. The molecule has 4 nitrogen and oxygen atoms in total. The van der Waals surface area contributed by atoms with Gasteiger partial charge in [-0.1, -0.05) is 6.07 Å². The molecule has 3 aromatic heterocycles. The van der Waals surface area contributed by atoms with Crippen molar-refractivity contribution in [2.24, 2.45) is 0 Å². The zero-order valence-electron chi connectivity index (χ0n) is 8.16. The molecule has 0 unspecified atom stereocenters. The lowest BCUT2D eigenvalue weighted by atomic mass is 10.4. The fraction of sp³-hybridized carbons (Fsp3) is 0. The Hall–Kier alpha value is -2.01. The summed E-state index contributed by atoms with van der Waals surface area (Å²) in [5.74, 6) is 0.164. The second-order valence-electron chi connectivity index (χ2n) is 3.24. The Bertz CT molecular complexity index is 636. The molecular weight excluding hydrogens is 222 g/mol. The number of thiazole rings is 1. The first kappa shape index (κ1) is 9.23. The summed E-state index contributed by atoms with van der Waals surface area (Å²) in [6.45, 7) is 0. The Morgan fingerprint density at radius 3 is 2.88 bits per heavy atom. The van der Waals surface area contributed by atoms with Crippen LogP contribution in [-0.4, -0.2) is 20.1 Å². The van der Waals surface area contributed by atoms with Crippen LogP contribution in [0.25, 0.3) is 20.9 Å². The molecule has 0 atom stereocenters. The highest BCUT2D eigenvalue weighted by atomic mass is 32.1. The molecule has 0 aliphatic heterocycles. The Labute approximate surface area is 95.3 Å². The van der Waals surface area contributed by atoms with Crippen LogP contribution in [0.5, 0.6) is 5.75 Å². The predicted molar refractivity (Wildman–Crippen MR) is 62.3 cm³/mol. The molecule has 0 fully saturated rings. The lowest BCUT2D eigenvalue weighted by Gasteiger charge is -1.91. The van der Waals surface area contributed by atoms with Gasteiger partial charge in [0.05, 0.1) is 22.8 Å². The van der Waals surface area contributed by atoms with Crippen LogP contribution in [0.2, 0.25) is 0 Å². The monoisotopic (exact) mass is 229 g/mol. The highest BCUT2D eigenvalue weighted by Crippen LogP contribution is 2.33. The van der Waals surface area contributed by atoms with Crippen LogP contribution >= 0.6 is 11.3 Å². The van der Waals surface area contributed by atoms with Gasteiger partial charge in [0, 0.05) is 6.20 Å². The van der Waals surface area contributed by atoms with Crippen molar-refractivity contribution in [2.75, 3.05) is 0 Å². The Morgan fingerprint density at radius 2 is 2.12 bits per heavy atom. The van der Waals surface area contributed by atoms with Crippen LogP contribution in [-0.2, 0) is 0 Å². The molecule has 0 saturated heterocycles. The quantitative estimate of drug-likeness (QED) is 0.696. The average Bonchev–Trinajstić information content (AvgIpc) is 2.76. The molecule has 0 amide bonds. The minimum absolute atomic E-state index is 0.164. The summed E-state index contributed by atoms with van der Waals surface area (Å²) < 4.78 is 0.746. The first-order valence-electron chi connectivity index (χ1n) is 4.69. The van der Waals surface area contributed by atoms with E-state index in [1.807, 2.05) is 18.2 Å². The van der Waals surface area contributed by atoms with Gasteiger partial charge in [0.1, 0.15) is 10.5 Å². The van der Waals surface area contributed by atoms with Crippen molar-refractivity contribution in [1.82, 2.24) is 15.0 Å². The molecule has 3 rings (SSSR count). The topological polar surface area (TPSA) is 58.9 Å². The summed E-state index contributed by atoms with van der Waals surface area (Å²) in [7, 11) is 0. The van der Waals surface area contributed by atoms with Crippen molar-refractivity contribution < 1.29 is 5.11 Å². The van der Waals surface area contributed by atoms with Gasteiger partial charge in [-0.3, -0.25) is 9.97 Å². The number of pyridine rings is 2. The lowest BCUT2D eigenvalue weighted by Crippen LogP contribution is -1.79. The van der Waals surface area contributed by atoms with Crippen LogP contribution in [0.1, 0.15) is 0 Å². The third-order valence-corrected chi connectivity index (χ3v) is 3.28. The third kappa shape index (κ3) is 1.42. The van der Waals surface area contributed by atoms with E-state index >= 15 is 0 Å². The normalized spacial score (nSPS) is 10.8. The largest absolute Gasteiger partial charge is 0.505 e. The Balaban J connectivity index is 2.23. The van der Waals surface area contributed by atoms with Crippen LogP contribution in [0.4, 0.5) is 0 Å². The number of nitrogens with zero attached hydrogens (tertiary/aromatic N) is 3. The van der Waals surface area contributed by atoms with Gasteiger partial charge >= 0.3 is 0 Å². The van der Waals surface area contributed by atoms with Gasteiger partial charge in [-0.25, -0.2) is 4.98 Å². The standard InChI is InChI=1S/C11H7N3OS/c15-9-6-12-5-8-10(9)16-11(14-8)7-3-1-2-4-13-7/h1-6,15H. The molecule has 0 saturated carbocycles. The van der Waals surface area contributed by atoms with Gasteiger partial charge in [0.15, 0.2) is 5.75 Å². The fourth-order valence-corrected chi connectivity index (χ4v) is 2.36. The predicted octanol–water partition coefficient (Wildman–Crippen LogP) is 2.46. The number of hydrogen-bond donors (Lipinski definition) is 1. The fourth-order valence-electron chi connectivity index (χ4n) is 1.44. The smallest absolute Gasteiger partial charge is 0.153 e. The van der Waals surface area contributed by atoms with E-state index in [1.54, 1.807) is 12.4 Å². The summed E-state index contributed by atoms with van der Waals surface area (Å²) in [6.07, 6.45) is 4.78. The maximum atomic E-state index is 9.62. The first-order chi connectivity index (χ1) is 7.84. The van der Waals surface area contributed by atoms with Gasteiger partial charge < -0.3 is 5.11 Å². The van der Waals surface area contributed by atoms with Gasteiger partial charge in [-0.15, -0.1) is 11.3 Å². The second kappa shape index (κ2) is 3.53. The van der Waals surface area contributed by atoms with Crippen LogP contribution in [0, 0.1) is 0 Å². The zero-order chi connectivity index (χ0) is 11.0. The maximum Gasteiger partial charge on any atom is 0.153 e. The number of rotatable bonds is 1. The molecule has 3 heterocycles. The Kier molecular flexibility index (Phi) is 2.04. The molecule has 3 aromatic rings. The summed E-state index contributed by atoms with van der Waals surface area (Å²) in [5.41, 5.74) is 1.51. The van der Waals surface area contributed by atoms with E-state index in [1.165, 1.54) is 17.5 Å². The molecule has 0 aliphatic carbocycles. The molecule has 16 heavy (non-hydrogen) atoms. The molecule has 1 N–H and O–H groups in total. The number of fused-ring (bicyclic) bond motifs is 1. The van der Waals surface area contributed by atoms with Crippen LogP contribution in [0.15, 0.2) is 36.8 Å². The van der Waals surface area contributed by atoms with E-state index in [2.05, 4.69) is 15.0 Å². The molecule has 0 bridgehead atoms. The van der Waals surface area contributed by atoms with Crippen molar-refractivity contribution in [2.45, 2.75) is 0 Å². The van der Waals surface area contributed by atoms with E-state index in [-0.39, 0.29) is 5.75 Å².